The van der Waals surface area contributed by atoms with Crippen LogP contribution in [0.25, 0.3) is 11.4 Å². The van der Waals surface area contributed by atoms with Crippen LogP contribution < -0.4 is 4.90 Å². The summed E-state index contributed by atoms with van der Waals surface area (Å²) >= 11 is 0. The van der Waals surface area contributed by atoms with Crippen LogP contribution in [0.5, 0.6) is 0 Å². The highest BCUT2D eigenvalue weighted by Crippen LogP contribution is 2.27. The normalized spacial score (nSPS) is 14.9. The van der Waals surface area contributed by atoms with Crippen LogP contribution in [0, 0.1) is 23.0 Å². The van der Waals surface area contributed by atoms with Crippen LogP contribution in [-0.4, -0.2) is 37.5 Å². The van der Waals surface area contributed by atoms with Crippen LogP contribution in [-0.2, 0) is 13.5 Å². The molecule has 0 radical (unpaired) electrons. The molecule has 0 bridgehead atoms. The van der Waals surface area contributed by atoms with Crippen molar-refractivity contribution < 1.29 is 4.92 Å². The van der Waals surface area contributed by atoms with Gasteiger partial charge in [0.05, 0.1) is 4.92 Å². The van der Waals surface area contributed by atoms with Gasteiger partial charge in [-0.1, -0.05) is 12.1 Å². The van der Waals surface area contributed by atoms with E-state index in [0.717, 1.165) is 49.7 Å². The fourth-order valence-electron chi connectivity index (χ4n) is 3.82. The van der Waals surface area contributed by atoms with E-state index in [-0.39, 0.29) is 5.69 Å². The summed E-state index contributed by atoms with van der Waals surface area (Å²) in [4.78, 5) is 26.6. The van der Waals surface area contributed by atoms with E-state index in [4.69, 9.17) is 4.98 Å². The van der Waals surface area contributed by atoms with Crippen LogP contribution in [0.3, 0.4) is 0 Å². The van der Waals surface area contributed by atoms with E-state index in [9.17, 15) is 10.1 Å². The number of aromatic nitrogens is 4. The number of benzene rings is 1. The number of nitro groups is 1. The molecule has 8 heteroatoms. The molecular formula is C21H24N6O2. The van der Waals surface area contributed by atoms with Crippen molar-refractivity contribution in [3.63, 3.8) is 0 Å². The molecule has 0 saturated carbocycles. The minimum absolute atomic E-state index is 0.0456. The van der Waals surface area contributed by atoms with E-state index in [1.165, 1.54) is 12.1 Å². The highest BCUT2D eigenvalue weighted by molar-refractivity contribution is 5.61. The highest BCUT2D eigenvalue weighted by Gasteiger charge is 2.22. The molecule has 0 aliphatic carbocycles. The summed E-state index contributed by atoms with van der Waals surface area (Å²) in [5.41, 5.74) is 1.56. The van der Waals surface area contributed by atoms with Crippen LogP contribution in [0.1, 0.15) is 24.4 Å². The Balaban J connectivity index is 1.49. The zero-order valence-electron chi connectivity index (χ0n) is 16.7. The maximum Gasteiger partial charge on any atom is 0.270 e. The molecular weight excluding hydrogens is 368 g/mol. The van der Waals surface area contributed by atoms with Crippen molar-refractivity contribution >= 4 is 11.5 Å². The Bertz CT molecular complexity index is 1020. The van der Waals surface area contributed by atoms with Gasteiger partial charge in [-0.25, -0.2) is 15.0 Å². The Morgan fingerprint density at radius 3 is 2.69 bits per heavy atom. The molecule has 3 heterocycles. The lowest BCUT2D eigenvalue weighted by atomic mass is 9.93. The number of nitro benzene ring substituents is 1. The quantitative estimate of drug-likeness (QED) is 0.487. The SMILES string of the molecule is Cc1cc(N2CCC(Cc3nccn3C)CC2)nc(-c2cccc([N+](=O)[O-])c2)n1. The molecule has 0 unspecified atom stereocenters. The smallest absolute Gasteiger partial charge is 0.270 e. The second-order valence-electron chi connectivity index (χ2n) is 7.59. The zero-order valence-corrected chi connectivity index (χ0v) is 16.7. The molecule has 0 atom stereocenters. The number of nitrogens with zero attached hydrogens (tertiary/aromatic N) is 6. The van der Waals surface area contributed by atoms with E-state index in [1.807, 2.05) is 38.5 Å². The van der Waals surface area contributed by atoms with Gasteiger partial charge in [0.15, 0.2) is 5.82 Å². The number of rotatable bonds is 5. The summed E-state index contributed by atoms with van der Waals surface area (Å²) in [7, 11) is 2.04. The number of hydrogen-bond acceptors (Lipinski definition) is 6. The fraction of sp³-hybridized carbons (Fsp3) is 0.381. The third kappa shape index (κ3) is 4.26. The average molecular weight is 392 g/mol. The monoisotopic (exact) mass is 392 g/mol. The number of hydrogen-bond donors (Lipinski definition) is 0. The van der Waals surface area contributed by atoms with Crippen LogP contribution in [0.4, 0.5) is 11.5 Å². The van der Waals surface area contributed by atoms with Gasteiger partial charge in [0.2, 0.25) is 0 Å². The largest absolute Gasteiger partial charge is 0.356 e. The number of non-ortho nitro benzene ring substituents is 1. The van der Waals surface area contributed by atoms with Gasteiger partial charge < -0.3 is 9.47 Å². The Kier molecular flexibility index (Phi) is 5.24. The fourth-order valence-corrected chi connectivity index (χ4v) is 3.82. The lowest BCUT2D eigenvalue weighted by molar-refractivity contribution is -0.384. The molecule has 1 aromatic carbocycles. The van der Waals surface area contributed by atoms with Crippen molar-refractivity contribution in [3.8, 4) is 11.4 Å². The Hall–Kier alpha value is -3.29. The summed E-state index contributed by atoms with van der Waals surface area (Å²) < 4.78 is 2.09. The molecule has 1 fully saturated rings. The number of piperidine rings is 1. The van der Waals surface area contributed by atoms with Crippen molar-refractivity contribution in [2.24, 2.45) is 13.0 Å². The maximum atomic E-state index is 11.1. The molecule has 4 rings (SSSR count). The molecule has 3 aromatic rings. The molecule has 0 spiro atoms. The van der Waals surface area contributed by atoms with Crippen molar-refractivity contribution in [1.29, 1.82) is 0 Å². The minimum atomic E-state index is -0.396. The predicted octanol–water partition coefficient (Wildman–Crippen LogP) is 3.55. The number of anilines is 1. The van der Waals surface area contributed by atoms with Gasteiger partial charge in [-0.3, -0.25) is 10.1 Å². The van der Waals surface area contributed by atoms with Crippen LogP contribution >= 0.6 is 0 Å². The van der Waals surface area contributed by atoms with E-state index >= 15 is 0 Å². The van der Waals surface area contributed by atoms with Gasteiger partial charge in [-0.05, 0) is 25.7 Å². The van der Waals surface area contributed by atoms with Gasteiger partial charge in [0.25, 0.3) is 5.69 Å². The van der Waals surface area contributed by atoms with Gasteiger partial charge >= 0.3 is 0 Å². The number of imidazole rings is 1. The highest BCUT2D eigenvalue weighted by atomic mass is 16.6. The molecule has 1 aliphatic rings. The van der Waals surface area contributed by atoms with Crippen molar-refractivity contribution in [1.82, 2.24) is 19.5 Å². The molecule has 8 nitrogen and oxygen atoms in total. The summed E-state index contributed by atoms with van der Waals surface area (Å²) in [5, 5.41) is 11.1. The van der Waals surface area contributed by atoms with Gasteiger partial charge in [-0.15, -0.1) is 0 Å². The first kappa shape index (κ1) is 19.0. The topological polar surface area (TPSA) is 90.0 Å². The average Bonchev–Trinajstić information content (AvgIpc) is 3.12. The van der Waals surface area contributed by atoms with Crippen molar-refractivity contribution in [3.05, 3.63) is 64.4 Å². The first-order valence-corrected chi connectivity index (χ1v) is 9.81. The summed E-state index contributed by atoms with van der Waals surface area (Å²) in [6.45, 7) is 3.79. The van der Waals surface area contributed by atoms with Gasteiger partial charge in [0.1, 0.15) is 11.6 Å². The molecule has 29 heavy (non-hydrogen) atoms. The van der Waals surface area contributed by atoms with Crippen LogP contribution in [0.2, 0.25) is 0 Å². The zero-order chi connectivity index (χ0) is 20.4. The van der Waals surface area contributed by atoms with Crippen molar-refractivity contribution in [2.45, 2.75) is 26.2 Å². The third-order valence-corrected chi connectivity index (χ3v) is 5.49. The Morgan fingerprint density at radius 1 is 1.21 bits per heavy atom. The van der Waals surface area contributed by atoms with E-state index in [0.29, 0.717) is 17.3 Å². The van der Waals surface area contributed by atoms with Crippen LogP contribution in [0.15, 0.2) is 42.7 Å². The van der Waals surface area contributed by atoms with Gasteiger partial charge in [0, 0.05) is 68.4 Å². The Labute approximate surface area is 169 Å². The minimum Gasteiger partial charge on any atom is -0.356 e. The lowest BCUT2D eigenvalue weighted by Crippen LogP contribution is -2.35. The maximum absolute atomic E-state index is 11.1. The van der Waals surface area contributed by atoms with E-state index in [2.05, 4.69) is 19.4 Å². The second-order valence-corrected chi connectivity index (χ2v) is 7.59. The van der Waals surface area contributed by atoms with Gasteiger partial charge in [-0.2, -0.15) is 0 Å². The van der Waals surface area contributed by atoms with E-state index < -0.39 is 4.92 Å². The summed E-state index contributed by atoms with van der Waals surface area (Å²) in [6.07, 6.45) is 7.01. The van der Waals surface area contributed by atoms with E-state index in [1.54, 1.807) is 6.07 Å². The standard InChI is InChI=1S/C21H24N6O2/c1-15-12-20(24-21(23-15)17-4-3-5-18(14-17)27(28)29)26-9-6-16(7-10-26)13-19-22-8-11-25(19)2/h3-5,8,11-12,14,16H,6-7,9-10,13H2,1-2H3. The molecule has 1 saturated heterocycles. The molecule has 2 aromatic heterocycles. The first-order valence-electron chi connectivity index (χ1n) is 9.81. The molecule has 0 N–H and O–H groups in total. The molecule has 150 valence electrons. The Morgan fingerprint density at radius 2 is 2.00 bits per heavy atom. The lowest BCUT2D eigenvalue weighted by Gasteiger charge is -2.33. The van der Waals surface area contributed by atoms with Crippen molar-refractivity contribution in [2.75, 3.05) is 18.0 Å². The molecule has 1 aliphatic heterocycles. The number of aryl methyl sites for hydroxylation is 2. The second kappa shape index (κ2) is 7.98. The third-order valence-electron chi connectivity index (χ3n) is 5.49. The predicted molar refractivity (Wildman–Crippen MR) is 111 cm³/mol. The molecule has 0 amide bonds. The first-order chi connectivity index (χ1) is 14.0. The summed E-state index contributed by atoms with van der Waals surface area (Å²) in [6, 6.07) is 8.47. The summed E-state index contributed by atoms with van der Waals surface area (Å²) in [5.74, 6) is 3.16.